The van der Waals surface area contributed by atoms with Crippen molar-refractivity contribution in [1.29, 1.82) is 0 Å². The summed E-state index contributed by atoms with van der Waals surface area (Å²) in [6.07, 6.45) is 2.70. The SMILES string of the molecule is COc1ccc(/C=C2\Cc3ccccc3C2=O)cc1C. The first-order chi connectivity index (χ1) is 9.69. The molecule has 0 N–H and O–H groups in total. The molecule has 0 radical (unpaired) electrons. The van der Waals surface area contributed by atoms with E-state index in [-0.39, 0.29) is 5.78 Å². The van der Waals surface area contributed by atoms with Crippen molar-refractivity contribution >= 4 is 11.9 Å². The Kier molecular flexibility index (Phi) is 3.15. The number of ether oxygens (including phenoxy) is 1. The lowest BCUT2D eigenvalue weighted by Gasteiger charge is -2.05. The molecule has 20 heavy (non-hydrogen) atoms. The van der Waals surface area contributed by atoms with Gasteiger partial charge < -0.3 is 4.74 Å². The van der Waals surface area contributed by atoms with Gasteiger partial charge in [0.05, 0.1) is 7.11 Å². The fraction of sp³-hybridized carbons (Fsp3) is 0.167. The lowest BCUT2D eigenvalue weighted by molar-refractivity contribution is 0.104. The molecule has 0 bridgehead atoms. The van der Waals surface area contributed by atoms with Gasteiger partial charge in [-0.1, -0.05) is 30.3 Å². The second-order valence-corrected chi connectivity index (χ2v) is 5.06. The van der Waals surface area contributed by atoms with E-state index in [1.54, 1.807) is 7.11 Å². The quantitative estimate of drug-likeness (QED) is 0.771. The van der Waals surface area contributed by atoms with Gasteiger partial charge in [-0.3, -0.25) is 4.79 Å². The maximum atomic E-state index is 12.3. The second-order valence-electron chi connectivity index (χ2n) is 5.06. The molecule has 0 spiro atoms. The number of hydrogen-bond acceptors (Lipinski definition) is 2. The van der Waals surface area contributed by atoms with E-state index in [4.69, 9.17) is 4.74 Å². The summed E-state index contributed by atoms with van der Waals surface area (Å²) in [5, 5.41) is 0. The first-order valence-electron chi connectivity index (χ1n) is 6.67. The smallest absolute Gasteiger partial charge is 0.189 e. The van der Waals surface area contributed by atoms with Crippen molar-refractivity contribution in [2.75, 3.05) is 7.11 Å². The molecule has 100 valence electrons. The first kappa shape index (κ1) is 12.7. The zero-order valence-electron chi connectivity index (χ0n) is 11.6. The van der Waals surface area contributed by atoms with Crippen LogP contribution in [0.2, 0.25) is 0 Å². The van der Waals surface area contributed by atoms with Crippen LogP contribution in [0.15, 0.2) is 48.0 Å². The van der Waals surface area contributed by atoms with Crippen LogP contribution in [0.5, 0.6) is 5.75 Å². The van der Waals surface area contributed by atoms with Crippen molar-refractivity contribution in [1.82, 2.24) is 0 Å². The normalized spacial score (nSPS) is 15.5. The average molecular weight is 264 g/mol. The largest absolute Gasteiger partial charge is 0.496 e. The molecule has 0 aromatic heterocycles. The highest BCUT2D eigenvalue weighted by atomic mass is 16.5. The summed E-state index contributed by atoms with van der Waals surface area (Å²) in [5.74, 6) is 1.02. The van der Waals surface area contributed by atoms with E-state index in [1.165, 1.54) is 0 Å². The highest BCUT2D eigenvalue weighted by Crippen LogP contribution is 2.28. The molecule has 0 heterocycles. The molecule has 2 aromatic carbocycles. The van der Waals surface area contributed by atoms with Gasteiger partial charge in [-0.15, -0.1) is 0 Å². The minimum Gasteiger partial charge on any atom is -0.496 e. The third-order valence-corrected chi connectivity index (χ3v) is 3.69. The summed E-state index contributed by atoms with van der Waals surface area (Å²) in [6, 6.07) is 13.8. The molecular formula is C18H16O2. The van der Waals surface area contributed by atoms with Crippen LogP contribution in [0.1, 0.15) is 27.0 Å². The van der Waals surface area contributed by atoms with Crippen LogP contribution >= 0.6 is 0 Å². The molecule has 0 saturated heterocycles. The Bertz CT molecular complexity index is 711. The van der Waals surface area contributed by atoms with Gasteiger partial charge in [0.25, 0.3) is 0 Å². The van der Waals surface area contributed by atoms with E-state index in [0.717, 1.165) is 40.0 Å². The van der Waals surface area contributed by atoms with Crippen molar-refractivity contribution in [2.24, 2.45) is 0 Å². The zero-order chi connectivity index (χ0) is 14.1. The molecule has 3 rings (SSSR count). The van der Waals surface area contributed by atoms with Crippen LogP contribution in [-0.4, -0.2) is 12.9 Å². The zero-order valence-corrected chi connectivity index (χ0v) is 11.6. The van der Waals surface area contributed by atoms with Gasteiger partial charge in [0.15, 0.2) is 5.78 Å². The molecule has 0 unspecified atom stereocenters. The highest BCUT2D eigenvalue weighted by Gasteiger charge is 2.23. The number of carbonyl (C=O) groups is 1. The number of aryl methyl sites for hydroxylation is 1. The van der Waals surface area contributed by atoms with Crippen molar-refractivity contribution in [3.05, 3.63) is 70.3 Å². The molecule has 0 saturated carbocycles. The molecule has 0 fully saturated rings. The maximum absolute atomic E-state index is 12.3. The number of rotatable bonds is 2. The molecule has 0 atom stereocenters. The molecule has 2 aromatic rings. The fourth-order valence-corrected chi connectivity index (χ4v) is 2.66. The predicted molar refractivity (Wildman–Crippen MR) is 80.2 cm³/mol. The Labute approximate surface area is 118 Å². The van der Waals surface area contributed by atoms with Gasteiger partial charge >= 0.3 is 0 Å². The van der Waals surface area contributed by atoms with Crippen LogP contribution in [-0.2, 0) is 6.42 Å². The minimum atomic E-state index is 0.147. The van der Waals surface area contributed by atoms with Crippen LogP contribution in [0, 0.1) is 6.92 Å². The third kappa shape index (κ3) is 2.14. The van der Waals surface area contributed by atoms with Crippen LogP contribution in [0.4, 0.5) is 0 Å². The molecule has 1 aliphatic rings. The molecule has 2 nitrogen and oxygen atoms in total. The molecular weight excluding hydrogens is 248 g/mol. The average Bonchev–Trinajstić information content (AvgIpc) is 2.76. The van der Waals surface area contributed by atoms with E-state index in [9.17, 15) is 4.79 Å². The lowest BCUT2D eigenvalue weighted by atomic mass is 10.1. The van der Waals surface area contributed by atoms with Gasteiger partial charge in [0.1, 0.15) is 5.75 Å². The van der Waals surface area contributed by atoms with E-state index >= 15 is 0 Å². The monoisotopic (exact) mass is 264 g/mol. The summed E-state index contributed by atoms with van der Waals surface area (Å²) in [6.45, 7) is 2.01. The van der Waals surface area contributed by atoms with Gasteiger partial charge in [-0.2, -0.15) is 0 Å². The number of fused-ring (bicyclic) bond motifs is 1. The van der Waals surface area contributed by atoms with E-state index in [1.807, 2.05) is 55.5 Å². The van der Waals surface area contributed by atoms with E-state index in [0.29, 0.717) is 0 Å². The van der Waals surface area contributed by atoms with Crippen LogP contribution in [0.3, 0.4) is 0 Å². The highest BCUT2D eigenvalue weighted by molar-refractivity contribution is 6.15. The Balaban J connectivity index is 1.95. The Morgan fingerprint density at radius 3 is 2.65 bits per heavy atom. The number of benzene rings is 2. The lowest BCUT2D eigenvalue weighted by Crippen LogP contribution is -1.95. The van der Waals surface area contributed by atoms with Gasteiger partial charge in [0.2, 0.25) is 0 Å². The molecule has 0 aliphatic heterocycles. The van der Waals surface area contributed by atoms with E-state index < -0.39 is 0 Å². The number of ketones is 1. The third-order valence-electron chi connectivity index (χ3n) is 3.69. The Hall–Kier alpha value is -2.35. The Morgan fingerprint density at radius 2 is 1.95 bits per heavy atom. The second kappa shape index (κ2) is 4.97. The summed E-state index contributed by atoms with van der Waals surface area (Å²) in [7, 11) is 1.66. The van der Waals surface area contributed by atoms with Gasteiger partial charge in [0, 0.05) is 17.6 Å². The predicted octanol–water partition coefficient (Wildman–Crippen LogP) is 3.83. The topological polar surface area (TPSA) is 26.3 Å². The first-order valence-corrected chi connectivity index (χ1v) is 6.67. The standard InChI is InChI=1S/C18H16O2/c1-12-9-13(7-8-17(12)20-2)10-15-11-14-5-3-4-6-16(14)18(15)19/h3-10H,11H2,1-2H3/b15-10+. The number of allylic oxidation sites excluding steroid dienone is 1. The van der Waals surface area contributed by atoms with Crippen molar-refractivity contribution in [2.45, 2.75) is 13.3 Å². The van der Waals surface area contributed by atoms with Crippen molar-refractivity contribution in [3.8, 4) is 5.75 Å². The van der Waals surface area contributed by atoms with Gasteiger partial charge in [-0.25, -0.2) is 0 Å². The van der Waals surface area contributed by atoms with Crippen LogP contribution < -0.4 is 4.74 Å². The van der Waals surface area contributed by atoms with E-state index in [2.05, 4.69) is 0 Å². The van der Waals surface area contributed by atoms with Crippen molar-refractivity contribution < 1.29 is 9.53 Å². The maximum Gasteiger partial charge on any atom is 0.189 e. The summed E-state index contributed by atoms with van der Waals surface area (Å²) in [5.41, 5.74) is 4.93. The molecule has 2 heteroatoms. The number of Topliss-reactive ketones (excluding diaryl/α,β-unsaturated/α-hetero) is 1. The number of hydrogen-bond donors (Lipinski definition) is 0. The summed E-state index contributed by atoms with van der Waals surface area (Å²) < 4.78 is 5.25. The number of carbonyl (C=O) groups excluding carboxylic acids is 1. The number of methoxy groups -OCH3 is 1. The van der Waals surface area contributed by atoms with Crippen LogP contribution in [0.25, 0.3) is 6.08 Å². The Morgan fingerprint density at radius 1 is 1.15 bits per heavy atom. The molecule has 1 aliphatic carbocycles. The minimum absolute atomic E-state index is 0.147. The summed E-state index contributed by atoms with van der Waals surface area (Å²) >= 11 is 0. The fourth-order valence-electron chi connectivity index (χ4n) is 2.66. The van der Waals surface area contributed by atoms with Crippen molar-refractivity contribution in [3.63, 3.8) is 0 Å². The summed E-state index contributed by atoms with van der Waals surface area (Å²) in [4.78, 5) is 12.3. The molecule has 0 amide bonds. The van der Waals surface area contributed by atoms with Gasteiger partial charge in [-0.05, 0) is 41.8 Å².